The molecule has 1 saturated carbocycles. The van der Waals surface area contributed by atoms with Crippen LogP contribution < -0.4 is 5.69 Å². The van der Waals surface area contributed by atoms with Gasteiger partial charge in [-0.25, -0.2) is 14.0 Å². The van der Waals surface area contributed by atoms with Crippen LogP contribution in [-0.4, -0.2) is 14.3 Å². The van der Waals surface area contributed by atoms with E-state index in [9.17, 15) is 18.0 Å². The second-order valence-corrected chi connectivity index (χ2v) is 6.44. The Kier molecular flexibility index (Phi) is 3.94. The minimum Gasteiger partial charge on any atom is -0.247 e. The molecule has 0 spiro atoms. The maximum atomic E-state index is 12.8. The van der Waals surface area contributed by atoms with Gasteiger partial charge in [0.2, 0.25) is 0 Å². The maximum Gasteiger partial charge on any atom is 0.416 e. The number of halogens is 3. The average molecular weight is 359 g/mol. The zero-order chi connectivity index (χ0) is 18.3. The molecule has 1 aliphatic rings. The van der Waals surface area contributed by atoms with Gasteiger partial charge >= 0.3 is 11.9 Å². The molecule has 0 N–H and O–H groups in total. The predicted molar refractivity (Wildman–Crippen MR) is 90.3 cm³/mol. The number of aromatic nitrogens is 3. The molecule has 0 radical (unpaired) electrons. The number of para-hydroxylation sites is 1. The van der Waals surface area contributed by atoms with Crippen molar-refractivity contribution in [3.8, 4) is 5.69 Å². The highest BCUT2D eigenvalue weighted by molar-refractivity contribution is 5.33. The van der Waals surface area contributed by atoms with E-state index in [1.54, 1.807) is 4.57 Å². The summed E-state index contributed by atoms with van der Waals surface area (Å²) < 4.78 is 41.0. The molecule has 0 bridgehead atoms. The predicted octanol–water partition coefficient (Wildman–Crippen LogP) is 3.98. The number of rotatable bonds is 4. The van der Waals surface area contributed by atoms with Crippen LogP contribution in [0.3, 0.4) is 0 Å². The second-order valence-electron chi connectivity index (χ2n) is 6.44. The molecule has 1 heterocycles. The number of hydrogen-bond donors (Lipinski definition) is 0. The van der Waals surface area contributed by atoms with Gasteiger partial charge in [-0.15, -0.1) is 0 Å². The van der Waals surface area contributed by atoms with Gasteiger partial charge in [0, 0.05) is 5.92 Å². The molecular weight excluding hydrogens is 343 g/mol. The zero-order valence-electron chi connectivity index (χ0n) is 13.8. The summed E-state index contributed by atoms with van der Waals surface area (Å²) in [5, 5.41) is 4.46. The fraction of sp³-hybridized carbons (Fsp3) is 0.263. The summed E-state index contributed by atoms with van der Waals surface area (Å²) in [7, 11) is 0. The van der Waals surface area contributed by atoms with E-state index in [1.165, 1.54) is 16.8 Å². The monoisotopic (exact) mass is 359 g/mol. The van der Waals surface area contributed by atoms with Gasteiger partial charge in [-0.1, -0.05) is 30.3 Å². The molecule has 1 aromatic heterocycles. The van der Waals surface area contributed by atoms with Gasteiger partial charge in [-0.2, -0.15) is 18.3 Å². The topological polar surface area (TPSA) is 39.8 Å². The maximum absolute atomic E-state index is 12.8. The molecule has 4 rings (SSSR count). The van der Waals surface area contributed by atoms with Gasteiger partial charge < -0.3 is 0 Å². The van der Waals surface area contributed by atoms with Crippen molar-refractivity contribution in [1.29, 1.82) is 0 Å². The van der Waals surface area contributed by atoms with Crippen LogP contribution in [-0.2, 0) is 12.7 Å². The largest absolute Gasteiger partial charge is 0.416 e. The van der Waals surface area contributed by atoms with Crippen LogP contribution in [0.2, 0.25) is 0 Å². The smallest absolute Gasteiger partial charge is 0.247 e. The first-order valence-corrected chi connectivity index (χ1v) is 8.35. The van der Waals surface area contributed by atoms with E-state index < -0.39 is 11.7 Å². The zero-order valence-corrected chi connectivity index (χ0v) is 13.8. The summed E-state index contributed by atoms with van der Waals surface area (Å²) in [6, 6.07) is 14.1. The molecule has 1 aliphatic carbocycles. The van der Waals surface area contributed by atoms with Crippen molar-refractivity contribution in [2.45, 2.75) is 31.5 Å². The molecule has 4 nitrogen and oxygen atoms in total. The van der Waals surface area contributed by atoms with E-state index in [1.807, 2.05) is 30.3 Å². The lowest BCUT2D eigenvalue weighted by Crippen LogP contribution is -2.24. The van der Waals surface area contributed by atoms with Crippen LogP contribution in [0.4, 0.5) is 13.2 Å². The lowest BCUT2D eigenvalue weighted by Gasteiger charge is -2.07. The van der Waals surface area contributed by atoms with Gasteiger partial charge in [0.1, 0.15) is 5.82 Å². The van der Waals surface area contributed by atoms with Crippen LogP contribution in [0, 0.1) is 0 Å². The van der Waals surface area contributed by atoms with Gasteiger partial charge in [0.25, 0.3) is 0 Å². The van der Waals surface area contributed by atoms with Crippen molar-refractivity contribution in [2.24, 2.45) is 0 Å². The molecule has 0 unspecified atom stereocenters. The van der Waals surface area contributed by atoms with Crippen molar-refractivity contribution in [1.82, 2.24) is 14.3 Å². The molecule has 26 heavy (non-hydrogen) atoms. The Labute approximate surface area is 147 Å². The lowest BCUT2D eigenvalue weighted by atomic mass is 10.1. The third kappa shape index (κ3) is 3.16. The fourth-order valence-electron chi connectivity index (χ4n) is 2.93. The summed E-state index contributed by atoms with van der Waals surface area (Å²) in [5.74, 6) is 0.977. The van der Waals surface area contributed by atoms with Gasteiger partial charge in [0.05, 0.1) is 17.8 Å². The van der Waals surface area contributed by atoms with Gasteiger partial charge in [-0.3, -0.25) is 0 Å². The molecular formula is C19H16F3N3O. The molecule has 3 aromatic rings. The first-order chi connectivity index (χ1) is 12.4. The van der Waals surface area contributed by atoms with Gasteiger partial charge in [0.15, 0.2) is 0 Å². The molecule has 2 aromatic carbocycles. The standard InChI is InChI=1S/C19H16F3N3O/c20-19(21,22)15-10-6-13(7-11-15)12-24-18(26)25(16-4-2-1-3-5-16)17(23-24)14-8-9-14/h1-7,10-11,14H,8-9,12H2. The number of benzene rings is 2. The van der Waals surface area contributed by atoms with E-state index in [-0.39, 0.29) is 18.2 Å². The van der Waals surface area contributed by atoms with E-state index in [0.29, 0.717) is 11.4 Å². The number of nitrogens with zero attached hydrogens (tertiary/aromatic N) is 3. The van der Waals surface area contributed by atoms with Crippen LogP contribution in [0.15, 0.2) is 59.4 Å². The highest BCUT2D eigenvalue weighted by Crippen LogP contribution is 2.39. The van der Waals surface area contributed by atoms with Crippen LogP contribution in [0.25, 0.3) is 5.69 Å². The normalized spacial score (nSPS) is 14.6. The summed E-state index contributed by atoms with van der Waals surface area (Å²) >= 11 is 0. The molecule has 1 fully saturated rings. The quantitative estimate of drug-likeness (QED) is 0.707. The molecule has 134 valence electrons. The Morgan fingerprint density at radius 1 is 1.00 bits per heavy atom. The Bertz CT molecular complexity index is 968. The number of alkyl halides is 3. The Balaban J connectivity index is 1.69. The number of hydrogen-bond acceptors (Lipinski definition) is 2. The van der Waals surface area contributed by atoms with E-state index >= 15 is 0 Å². The summed E-state index contributed by atoms with van der Waals surface area (Å²) in [6.45, 7) is 0.135. The van der Waals surface area contributed by atoms with Crippen LogP contribution in [0.5, 0.6) is 0 Å². The van der Waals surface area contributed by atoms with E-state index in [4.69, 9.17) is 0 Å². The molecule has 0 amide bonds. The third-order valence-electron chi connectivity index (χ3n) is 4.43. The molecule has 0 saturated heterocycles. The van der Waals surface area contributed by atoms with Crippen molar-refractivity contribution >= 4 is 0 Å². The van der Waals surface area contributed by atoms with Crippen molar-refractivity contribution < 1.29 is 13.2 Å². The summed E-state index contributed by atoms with van der Waals surface area (Å²) in [4.78, 5) is 12.8. The summed E-state index contributed by atoms with van der Waals surface area (Å²) in [6.07, 6.45) is -2.39. The van der Waals surface area contributed by atoms with Crippen molar-refractivity contribution in [3.05, 3.63) is 82.0 Å². The van der Waals surface area contributed by atoms with Crippen molar-refractivity contribution in [3.63, 3.8) is 0 Å². The minimum absolute atomic E-state index is 0.135. The fourth-order valence-corrected chi connectivity index (χ4v) is 2.93. The molecule has 0 aliphatic heterocycles. The van der Waals surface area contributed by atoms with Crippen molar-refractivity contribution in [2.75, 3.05) is 0 Å². The SMILES string of the molecule is O=c1n(Cc2ccc(C(F)(F)F)cc2)nc(C2CC2)n1-c1ccccc1. The first kappa shape index (κ1) is 16.6. The average Bonchev–Trinajstić information content (AvgIpc) is 3.41. The van der Waals surface area contributed by atoms with Gasteiger partial charge in [-0.05, 0) is 42.7 Å². The lowest BCUT2D eigenvalue weighted by molar-refractivity contribution is -0.137. The van der Waals surface area contributed by atoms with E-state index in [0.717, 1.165) is 30.7 Å². The van der Waals surface area contributed by atoms with Crippen LogP contribution >= 0.6 is 0 Å². The Morgan fingerprint density at radius 2 is 1.65 bits per heavy atom. The molecule has 0 atom stereocenters. The first-order valence-electron chi connectivity index (χ1n) is 8.35. The third-order valence-corrected chi connectivity index (χ3v) is 4.43. The van der Waals surface area contributed by atoms with Crippen LogP contribution in [0.1, 0.15) is 35.7 Å². The minimum atomic E-state index is -4.37. The second kappa shape index (κ2) is 6.16. The summed E-state index contributed by atoms with van der Waals surface area (Å²) in [5.41, 5.74) is 0.360. The Morgan fingerprint density at radius 3 is 2.23 bits per heavy atom. The highest BCUT2D eigenvalue weighted by Gasteiger charge is 2.32. The van der Waals surface area contributed by atoms with E-state index in [2.05, 4.69) is 5.10 Å². The Hall–Kier alpha value is -2.83. The molecule has 7 heteroatoms. The highest BCUT2D eigenvalue weighted by atomic mass is 19.4.